The van der Waals surface area contributed by atoms with E-state index in [0.717, 1.165) is 23.3 Å². The van der Waals surface area contributed by atoms with E-state index >= 15 is 0 Å². The number of fused-ring (bicyclic) bond motifs is 2. The Morgan fingerprint density at radius 1 is 1.28 bits per heavy atom. The Labute approximate surface area is 160 Å². The number of aryl methyl sites for hydroxylation is 1. The number of halogens is 2. The predicted molar refractivity (Wildman–Crippen MR) is 104 cm³/mol. The molecule has 2 aliphatic rings. The van der Waals surface area contributed by atoms with E-state index in [-0.39, 0.29) is 36.8 Å². The van der Waals surface area contributed by atoms with Crippen molar-refractivity contribution >= 4 is 41.8 Å². The summed E-state index contributed by atoms with van der Waals surface area (Å²) in [5.74, 6) is 1.71. The normalized spacial score (nSPS) is 24.9. The lowest BCUT2D eigenvalue weighted by atomic mass is 9.85. The number of nitrogens with zero attached hydrogens (tertiary/aromatic N) is 2. The third kappa shape index (κ3) is 3.94. The highest BCUT2D eigenvalue weighted by Gasteiger charge is 2.38. The molecule has 2 fully saturated rings. The maximum absolute atomic E-state index is 12.5. The number of carbonyl (C=O) groups excluding carboxylic acids is 1. The Bertz CT molecular complexity index is 719. The summed E-state index contributed by atoms with van der Waals surface area (Å²) in [6, 6.07) is 8.58. The molecule has 1 aromatic heterocycles. The summed E-state index contributed by atoms with van der Waals surface area (Å²) >= 11 is 0. The molecule has 25 heavy (non-hydrogen) atoms. The fourth-order valence-electron chi connectivity index (χ4n) is 4.16. The number of hydrogen-bond acceptors (Lipinski definition) is 3. The number of nitrogens with one attached hydrogen (secondary N) is 2. The number of para-hydroxylation sites is 2. The van der Waals surface area contributed by atoms with Gasteiger partial charge in [-0.2, -0.15) is 0 Å². The second-order valence-corrected chi connectivity index (χ2v) is 6.90. The fraction of sp³-hybridized carbons (Fsp3) is 0.556. The third-order valence-electron chi connectivity index (χ3n) is 5.48. The molecule has 2 heterocycles. The van der Waals surface area contributed by atoms with Gasteiger partial charge in [-0.15, -0.1) is 24.8 Å². The van der Waals surface area contributed by atoms with Crippen molar-refractivity contribution < 1.29 is 4.79 Å². The summed E-state index contributed by atoms with van der Waals surface area (Å²) in [5, 5.41) is 6.60. The van der Waals surface area contributed by atoms with Gasteiger partial charge in [0.1, 0.15) is 5.82 Å². The van der Waals surface area contributed by atoms with Crippen LogP contribution in [0.4, 0.5) is 0 Å². The molecule has 1 aliphatic heterocycles. The van der Waals surface area contributed by atoms with Gasteiger partial charge in [0, 0.05) is 13.1 Å². The van der Waals surface area contributed by atoms with Crippen LogP contribution in [-0.2, 0) is 18.4 Å². The average molecular weight is 385 g/mol. The fourth-order valence-corrected chi connectivity index (χ4v) is 4.16. The standard InChI is InChI=1S/C18H24N4O.2ClH/c1-22-16-9-5-4-8-14(16)21-17(22)11-19-18(23)15-10-12-6-2-3-7-13(12)20-15;;/h4-5,8-9,12-13,15,20H,2-3,6-7,10-11H2,1H3,(H,19,23);2*1H. The quantitative estimate of drug-likeness (QED) is 0.854. The van der Waals surface area contributed by atoms with E-state index in [1.54, 1.807) is 0 Å². The lowest BCUT2D eigenvalue weighted by Crippen LogP contribution is -2.43. The van der Waals surface area contributed by atoms with E-state index in [2.05, 4.69) is 26.3 Å². The van der Waals surface area contributed by atoms with Gasteiger partial charge in [0.15, 0.2) is 0 Å². The Kier molecular flexibility index (Phi) is 6.72. The summed E-state index contributed by atoms with van der Waals surface area (Å²) in [7, 11) is 2.00. The highest BCUT2D eigenvalue weighted by molar-refractivity contribution is 5.85. The van der Waals surface area contributed by atoms with Crippen LogP contribution in [0.5, 0.6) is 0 Å². The van der Waals surface area contributed by atoms with Gasteiger partial charge in [-0.1, -0.05) is 25.0 Å². The van der Waals surface area contributed by atoms with Gasteiger partial charge < -0.3 is 15.2 Å². The van der Waals surface area contributed by atoms with E-state index in [1.807, 2.05) is 25.2 Å². The second-order valence-electron chi connectivity index (χ2n) is 6.90. The van der Waals surface area contributed by atoms with Gasteiger partial charge in [-0.05, 0) is 37.3 Å². The summed E-state index contributed by atoms with van der Waals surface area (Å²) in [4.78, 5) is 17.1. The van der Waals surface area contributed by atoms with E-state index in [0.29, 0.717) is 18.5 Å². The molecular weight excluding hydrogens is 359 g/mol. The minimum Gasteiger partial charge on any atom is -0.348 e. The van der Waals surface area contributed by atoms with Gasteiger partial charge in [0.25, 0.3) is 0 Å². The monoisotopic (exact) mass is 384 g/mol. The van der Waals surface area contributed by atoms with E-state index in [1.165, 1.54) is 25.7 Å². The molecule has 1 aromatic carbocycles. The molecule has 1 amide bonds. The van der Waals surface area contributed by atoms with Crippen LogP contribution in [0.25, 0.3) is 11.0 Å². The van der Waals surface area contributed by atoms with Crippen molar-refractivity contribution in [2.24, 2.45) is 13.0 Å². The van der Waals surface area contributed by atoms with Crippen molar-refractivity contribution in [3.05, 3.63) is 30.1 Å². The Hall–Kier alpha value is -1.30. The van der Waals surface area contributed by atoms with Crippen LogP contribution < -0.4 is 10.6 Å². The molecule has 3 atom stereocenters. The summed E-state index contributed by atoms with van der Waals surface area (Å²) < 4.78 is 2.05. The van der Waals surface area contributed by atoms with Crippen LogP contribution in [0, 0.1) is 5.92 Å². The molecule has 4 rings (SSSR count). The van der Waals surface area contributed by atoms with E-state index in [9.17, 15) is 4.79 Å². The SMILES string of the molecule is Cl.Cl.Cn1c(CNC(=O)C2CC3CCCCC3N2)nc2ccccc21. The molecule has 1 saturated carbocycles. The zero-order chi connectivity index (χ0) is 15.8. The van der Waals surface area contributed by atoms with Crippen LogP contribution in [0.15, 0.2) is 24.3 Å². The van der Waals surface area contributed by atoms with E-state index < -0.39 is 0 Å². The number of carbonyl (C=O) groups is 1. The number of imidazole rings is 1. The molecule has 3 unspecified atom stereocenters. The smallest absolute Gasteiger partial charge is 0.237 e. The molecule has 138 valence electrons. The van der Waals surface area contributed by atoms with Crippen LogP contribution in [-0.4, -0.2) is 27.5 Å². The Balaban J connectivity index is 0.00000113. The molecule has 7 heteroatoms. The predicted octanol–water partition coefficient (Wildman–Crippen LogP) is 2.95. The van der Waals surface area contributed by atoms with Gasteiger partial charge in [0.2, 0.25) is 5.91 Å². The van der Waals surface area contributed by atoms with Crippen molar-refractivity contribution in [3.8, 4) is 0 Å². The first-order chi connectivity index (χ1) is 11.2. The van der Waals surface area contributed by atoms with Gasteiger partial charge in [-0.25, -0.2) is 4.98 Å². The second kappa shape index (κ2) is 8.39. The van der Waals surface area contributed by atoms with Crippen LogP contribution in [0.2, 0.25) is 0 Å². The van der Waals surface area contributed by atoms with Crippen LogP contribution in [0.3, 0.4) is 0 Å². The van der Waals surface area contributed by atoms with Crippen molar-refractivity contribution in [3.63, 3.8) is 0 Å². The number of rotatable bonds is 3. The molecule has 1 aliphatic carbocycles. The first kappa shape index (κ1) is 20.0. The lowest BCUT2D eigenvalue weighted by molar-refractivity contribution is -0.123. The summed E-state index contributed by atoms with van der Waals surface area (Å²) in [6.45, 7) is 0.484. The maximum Gasteiger partial charge on any atom is 0.237 e. The largest absolute Gasteiger partial charge is 0.348 e. The van der Waals surface area contributed by atoms with Crippen molar-refractivity contribution in [2.75, 3.05) is 0 Å². The molecule has 0 spiro atoms. The minimum atomic E-state index is -0.0298. The highest BCUT2D eigenvalue weighted by Crippen LogP contribution is 2.33. The molecule has 2 N–H and O–H groups in total. The highest BCUT2D eigenvalue weighted by atomic mass is 35.5. The zero-order valence-electron chi connectivity index (χ0n) is 14.4. The molecular formula is C18H26Cl2N4O. The molecule has 1 saturated heterocycles. The van der Waals surface area contributed by atoms with Crippen molar-refractivity contribution in [1.29, 1.82) is 0 Å². The van der Waals surface area contributed by atoms with Crippen LogP contribution >= 0.6 is 24.8 Å². The first-order valence-corrected chi connectivity index (χ1v) is 8.66. The summed E-state index contributed by atoms with van der Waals surface area (Å²) in [5.41, 5.74) is 2.08. The van der Waals surface area contributed by atoms with Gasteiger partial charge in [-0.3, -0.25) is 4.79 Å². The average Bonchev–Trinajstić information content (AvgIpc) is 3.15. The Morgan fingerprint density at radius 3 is 2.80 bits per heavy atom. The van der Waals surface area contributed by atoms with Crippen molar-refractivity contribution in [2.45, 2.75) is 50.7 Å². The third-order valence-corrected chi connectivity index (χ3v) is 5.48. The van der Waals surface area contributed by atoms with Gasteiger partial charge >= 0.3 is 0 Å². The maximum atomic E-state index is 12.5. The summed E-state index contributed by atoms with van der Waals surface area (Å²) in [6.07, 6.45) is 6.09. The molecule has 2 aromatic rings. The van der Waals surface area contributed by atoms with Gasteiger partial charge in [0.05, 0.1) is 23.6 Å². The molecule has 0 bridgehead atoms. The number of amides is 1. The molecule has 5 nitrogen and oxygen atoms in total. The topological polar surface area (TPSA) is 59.0 Å². The van der Waals surface area contributed by atoms with Crippen molar-refractivity contribution in [1.82, 2.24) is 20.2 Å². The minimum absolute atomic E-state index is 0. The number of aromatic nitrogens is 2. The van der Waals surface area contributed by atoms with Crippen LogP contribution in [0.1, 0.15) is 37.9 Å². The lowest BCUT2D eigenvalue weighted by Gasteiger charge is -2.24. The first-order valence-electron chi connectivity index (χ1n) is 8.66. The number of hydrogen-bond donors (Lipinski definition) is 2. The molecule has 0 radical (unpaired) electrons. The Morgan fingerprint density at radius 2 is 2.04 bits per heavy atom. The number of benzene rings is 1. The zero-order valence-corrected chi connectivity index (χ0v) is 16.0. The van der Waals surface area contributed by atoms with E-state index in [4.69, 9.17) is 0 Å².